The second-order valence-electron chi connectivity index (χ2n) is 4.13. The molecule has 18 heavy (non-hydrogen) atoms. The zero-order chi connectivity index (χ0) is 12.5. The van der Waals surface area contributed by atoms with Crippen molar-refractivity contribution in [3.05, 3.63) is 35.4 Å². The summed E-state index contributed by atoms with van der Waals surface area (Å²) < 4.78 is 1.93. The van der Waals surface area contributed by atoms with E-state index in [2.05, 4.69) is 15.5 Å². The normalized spacial score (nSPS) is 13.4. The standard InChI is InChI=1S/C12H12N4OS/c1-8-3-2-4-9(7-8)10(17)13-11-14-15-12-16(11)5-6-18-12/h2-4,7H,5-6H2,1H3,(H,13,14,17). The molecule has 1 amide bonds. The lowest BCUT2D eigenvalue weighted by Gasteiger charge is -2.05. The number of aromatic nitrogens is 3. The lowest BCUT2D eigenvalue weighted by Crippen LogP contribution is -2.15. The maximum Gasteiger partial charge on any atom is 0.258 e. The van der Waals surface area contributed by atoms with Crippen LogP contribution in [0.15, 0.2) is 29.4 Å². The Bertz CT molecular complexity index is 608. The van der Waals surface area contributed by atoms with E-state index >= 15 is 0 Å². The average Bonchev–Trinajstić information content (AvgIpc) is 2.94. The van der Waals surface area contributed by atoms with Crippen LogP contribution in [0.5, 0.6) is 0 Å². The quantitative estimate of drug-likeness (QED) is 0.896. The van der Waals surface area contributed by atoms with Gasteiger partial charge in [0, 0.05) is 17.9 Å². The van der Waals surface area contributed by atoms with Gasteiger partial charge in [0.1, 0.15) is 0 Å². The lowest BCUT2D eigenvalue weighted by atomic mass is 10.1. The first-order valence-corrected chi connectivity index (χ1v) is 6.66. The van der Waals surface area contributed by atoms with E-state index in [1.165, 1.54) is 0 Å². The van der Waals surface area contributed by atoms with Crippen molar-refractivity contribution in [2.24, 2.45) is 0 Å². The van der Waals surface area contributed by atoms with Crippen LogP contribution in [0.25, 0.3) is 0 Å². The van der Waals surface area contributed by atoms with E-state index in [1.807, 2.05) is 29.7 Å². The molecule has 1 aliphatic heterocycles. The van der Waals surface area contributed by atoms with Gasteiger partial charge in [-0.1, -0.05) is 29.5 Å². The number of carbonyl (C=O) groups is 1. The van der Waals surface area contributed by atoms with E-state index in [4.69, 9.17) is 0 Å². The Kier molecular flexibility index (Phi) is 2.79. The monoisotopic (exact) mass is 260 g/mol. The predicted molar refractivity (Wildman–Crippen MR) is 69.9 cm³/mol. The number of hydrogen-bond donors (Lipinski definition) is 1. The van der Waals surface area contributed by atoms with Crippen LogP contribution < -0.4 is 5.32 Å². The van der Waals surface area contributed by atoms with E-state index in [9.17, 15) is 4.79 Å². The second-order valence-corrected chi connectivity index (χ2v) is 5.19. The third-order valence-corrected chi connectivity index (χ3v) is 3.72. The van der Waals surface area contributed by atoms with E-state index in [0.717, 1.165) is 23.0 Å². The summed E-state index contributed by atoms with van der Waals surface area (Å²) >= 11 is 1.65. The summed E-state index contributed by atoms with van der Waals surface area (Å²) in [5, 5.41) is 11.7. The Morgan fingerprint density at radius 1 is 1.44 bits per heavy atom. The van der Waals surface area contributed by atoms with Gasteiger partial charge in [-0.3, -0.25) is 14.7 Å². The summed E-state index contributed by atoms with van der Waals surface area (Å²) in [7, 11) is 0. The molecule has 2 aromatic rings. The molecule has 3 rings (SSSR count). The average molecular weight is 260 g/mol. The molecule has 0 saturated carbocycles. The van der Waals surface area contributed by atoms with Crippen molar-refractivity contribution in [1.82, 2.24) is 14.8 Å². The molecular formula is C12H12N4OS. The molecule has 0 unspecified atom stereocenters. The highest BCUT2D eigenvalue weighted by atomic mass is 32.2. The van der Waals surface area contributed by atoms with Crippen LogP contribution in [0.4, 0.5) is 5.95 Å². The number of benzene rings is 1. The van der Waals surface area contributed by atoms with Crippen LogP contribution in [0.2, 0.25) is 0 Å². The fourth-order valence-electron chi connectivity index (χ4n) is 1.88. The first kappa shape index (κ1) is 11.3. The van der Waals surface area contributed by atoms with Gasteiger partial charge < -0.3 is 0 Å². The Hall–Kier alpha value is -1.82. The number of amides is 1. The summed E-state index contributed by atoms with van der Waals surface area (Å²) in [6.07, 6.45) is 0. The summed E-state index contributed by atoms with van der Waals surface area (Å²) in [6, 6.07) is 7.47. The zero-order valence-electron chi connectivity index (χ0n) is 9.88. The molecule has 0 atom stereocenters. The minimum absolute atomic E-state index is 0.147. The minimum atomic E-state index is -0.147. The Morgan fingerprint density at radius 3 is 3.17 bits per heavy atom. The van der Waals surface area contributed by atoms with Crippen molar-refractivity contribution in [2.75, 3.05) is 11.1 Å². The number of fused-ring (bicyclic) bond motifs is 1. The van der Waals surface area contributed by atoms with Crippen molar-refractivity contribution >= 4 is 23.6 Å². The highest BCUT2D eigenvalue weighted by molar-refractivity contribution is 7.99. The number of aryl methyl sites for hydroxylation is 1. The number of carbonyl (C=O) groups excluding carboxylic acids is 1. The van der Waals surface area contributed by atoms with Crippen LogP contribution in [0, 0.1) is 6.92 Å². The maximum atomic E-state index is 12.1. The van der Waals surface area contributed by atoms with Gasteiger partial charge in [0.15, 0.2) is 5.16 Å². The molecule has 0 bridgehead atoms. The fraction of sp³-hybridized carbons (Fsp3) is 0.250. The van der Waals surface area contributed by atoms with Gasteiger partial charge in [0.05, 0.1) is 0 Å². The topological polar surface area (TPSA) is 59.8 Å². The fourth-order valence-corrected chi connectivity index (χ4v) is 2.77. The predicted octanol–water partition coefficient (Wildman–Crippen LogP) is 1.94. The third-order valence-electron chi connectivity index (χ3n) is 2.77. The zero-order valence-corrected chi connectivity index (χ0v) is 10.7. The second kappa shape index (κ2) is 4.45. The number of rotatable bonds is 2. The molecule has 0 fully saturated rings. The van der Waals surface area contributed by atoms with Crippen molar-refractivity contribution in [1.29, 1.82) is 0 Å². The van der Waals surface area contributed by atoms with Gasteiger partial charge in [-0.25, -0.2) is 0 Å². The summed E-state index contributed by atoms with van der Waals surface area (Å²) in [5.41, 5.74) is 1.70. The highest BCUT2D eigenvalue weighted by Gasteiger charge is 2.19. The Balaban J connectivity index is 1.82. The SMILES string of the molecule is Cc1cccc(C(=O)Nc2nnc3n2CCS3)c1. The first-order valence-electron chi connectivity index (χ1n) is 5.68. The molecule has 1 N–H and O–H groups in total. The van der Waals surface area contributed by atoms with Crippen LogP contribution >= 0.6 is 11.8 Å². The molecule has 92 valence electrons. The van der Waals surface area contributed by atoms with E-state index < -0.39 is 0 Å². The number of thioether (sulfide) groups is 1. The molecule has 6 heteroatoms. The molecule has 1 aromatic carbocycles. The molecule has 0 aliphatic carbocycles. The largest absolute Gasteiger partial charge is 0.290 e. The molecule has 2 heterocycles. The molecule has 5 nitrogen and oxygen atoms in total. The third kappa shape index (κ3) is 1.99. The molecule has 0 saturated heterocycles. The van der Waals surface area contributed by atoms with Crippen molar-refractivity contribution in [2.45, 2.75) is 18.6 Å². The lowest BCUT2D eigenvalue weighted by molar-refractivity contribution is 0.102. The molecule has 1 aliphatic rings. The molecular weight excluding hydrogens is 248 g/mol. The van der Waals surface area contributed by atoms with Gasteiger partial charge in [-0.05, 0) is 19.1 Å². The smallest absolute Gasteiger partial charge is 0.258 e. The van der Waals surface area contributed by atoms with Gasteiger partial charge in [-0.2, -0.15) is 0 Å². The van der Waals surface area contributed by atoms with Gasteiger partial charge in [0.2, 0.25) is 5.95 Å². The van der Waals surface area contributed by atoms with Gasteiger partial charge in [0.25, 0.3) is 5.91 Å². The van der Waals surface area contributed by atoms with Crippen molar-refractivity contribution in [3.8, 4) is 0 Å². The van der Waals surface area contributed by atoms with E-state index in [1.54, 1.807) is 17.8 Å². The van der Waals surface area contributed by atoms with E-state index in [0.29, 0.717) is 11.5 Å². The van der Waals surface area contributed by atoms with Crippen LogP contribution in [0.1, 0.15) is 15.9 Å². The van der Waals surface area contributed by atoms with Crippen molar-refractivity contribution < 1.29 is 4.79 Å². The Labute approximate surface area is 109 Å². The number of hydrogen-bond acceptors (Lipinski definition) is 4. The summed E-state index contributed by atoms with van der Waals surface area (Å²) in [4.78, 5) is 12.1. The van der Waals surface area contributed by atoms with Crippen LogP contribution in [-0.4, -0.2) is 26.4 Å². The van der Waals surface area contributed by atoms with Gasteiger partial charge in [-0.15, -0.1) is 10.2 Å². The van der Waals surface area contributed by atoms with E-state index in [-0.39, 0.29) is 5.91 Å². The summed E-state index contributed by atoms with van der Waals surface area (Å²) in [6.45, 7) is 2.80. The molecule has 0 radical (unpaired) electrons. The molecule has 0 spiro atoms. The van der Waals surface area contributed by atoms with Crippen LogP contribution in [-0.2, 0) is 6.54 Å². The molecule has 1 aromatic heterocycles. The number of anilines is 1. The minimum Gasteiger partial charge on any atom is -0.290 e. The van der Waals surface area contributed by atoms with Crippen LogP contribution in [0.3, 0.4) is 0 Å². The summed E-state index contributed by atoms with van der Waals surface area (Å²) in [5.74, 6) is 1.37. The first-order chi connectivity index (χ1) is 8.74. The number of nitrogens with zero attached hydrogens (tertiary/aromatic N) is 3. The highest BCUT2D eigenvalue weighted by Crippen LogP contribution is 2.26. The Morgan fingerprint density at radius 2 is 2.33 bits per heavy atom. The maximum absolute atomic E-state index is 12.1. The van der Waals surface area contributed by atoms with Crippen molar-refractivity contribution in [3.63, 3.8) is 0 Å². The van der Waals surface area contributed by atoms with Gasteiger partial charge >= 0.3 is 0 Å². The number of nitrogens with one attached hydrogen (secondary N) is 1.